The van der Waals surface area contributed by atoms with Gasteiger partial charge in [-0.05, 0) is 55.4 Å². The van der Waals surface area contributed by atoms with Crippen molar-refractivity contribution >= 4 is 51.8 Å². The smallest absolute Gasteiger partial charge is 0.267 e. The molecule has 35 heavy (non-hydrogen) atoms. The number of benzene rings is 2. The molecule has 0 radical (unpaired) electrons. The Morgan fingerprint density at radius 2 is 1.91 bits per heavy atom. The standard InChI is InChI=1S/C25H24N6O2S2/c1-4-30-19-12-11-17(33-3)13-20(19)34-21(30)14-18(16-9-7-6-8-10-16)22-23(32)31(5-2)25(35-22)28-24-26-15-27-29-24/h6-15H,4-5H2,1-3H3,(H,26,27,29). The van der Waals surface area contributed by atoms with Gasteiger partial charge in [-0.2, -0.15) is 15.1 Å². The van der Waals surface area contributed by atoms with Crippen molar-refractivity contribution in [2.45, 2.75) is 18.7 Å². The van der Waals surface area contributed by atoms with Gasteiger partial charge in [0.1, 0.15) is 12.1 Å². The van der Waals surface area contributed by atoms with Crippen molar-refractivity contribution in [2.24, 2.45) is 4.99 Å². The van der Waals surface area contributed by atoms with Crippen LogP contribution in [0.2, 0.25) is 0 Å². The van der Waals surface area contributed by atoms with Crippen LogP contribution >= 0.6 is 23.5 Å². The van der Waals surface area contributed by atoms with Gasteiger partial charge < -0.3 is 9.64 Å². The first-order chi connectivity index (χ1) is 17.1. The number of rotatable bonds is 6. The number of carbonyl (C=O) groups is 1. The molecule has 1 fully saturated rings. The molecular weight excluding hydrogens is 480 g/mol. The monoisotopic (exact) mass is 504 g/mol. The number of aromatic amines is 1. The summed E-state index contributed by atoms with van der Waals surface area (Å²) in [5.74, 6) is 1.12. The number of amidine groups is 1. The molecule has 0 bridgehead atoms. The van der Waals surface area contributed by atoms with Crippen LogP contribution in [0.1, 0.15) is 19.4 Å². The van der Waals surface area contributed by atoms with Gasteiger partial charge in [-0.15, -0.1) is 0 Å². The number of fused-ring (bicyclic) bond motifs is 1. The van der Waals surface area contributed by atoms with Gasteiger partial charge in [0, 0.05) is 23.6 Å². The molecule has 2 aliphatic rings. The number of hydrogen-bond donors (Lipinski definition) is 1. The van der Waals surface area contributed by atoms with Crippen molar-refractivity contribution in [3.8, 4) is 5.75 Å². The van der Waals surface area contributed by atoms with Gasteiger partial charge in [-0.25, -0.2) is 5.10 Å². The minimum Gasteiger partial charge on any atom is -0.497 e. The van der Waals surface area contributed by atoms with Gasteiger partial charge in [0.25, 0.3) is 5.91 Å². The maximum Gasteiger partial charge on any atom is 0.267 e. The molecule has 0 spiro atoms. The van der Waals surface area contributed by atoms with Crippen molar-refractivity contribution in [1.29, 1.82) is 0 Å². The Labute approximate surface area is 212 Å². The summed E-state index contributed by atoms with van der Waals surface area (Å²) < 4.78 is 5.43. The molecular formula is C25H24N6O2S2. The molecule has 1 saturated heterocycles. The van der Waals surface area contributed by atoms with Crippen molar-refractivity contribution < 1.29 is 9.53 Å². The molecule has 0 saturated carbocycles. The Morgan fingerprint density at radius 1 is 1.11 bits per heavy atom. The molecule has 1 N–H and O–H groups in total. The zero-order chi connectivity index (χ0) is 24.4. The fraction of sp³-hybridized carbons (Fsp3) is 0.200. The molecule has 2 aromatic carbocycles. The largest absolute Gasteiger partial charge is 0.497 e. The second-order valence-corrected chi connectivity index (χ2v) is 9.67. The number of nitrogens with zero attached hydrogens (tertiary/aromatic N) is 5. The number of ether oxygens (including phenoxy) is 1. The summed E-state index contributed by atoms with van der Waals surface area (Å²) >= 11 is 3.04. The van der Waals surface area contributed by atoms with E-state index in [-0.39, 0.29) is 5.91 Å². The number of nitrogens with one attached hydrogen (secondary N) is 1. The molecule has 1 amide bonds. The molecule has 8 nitrogen and oxygen atoms in total. The number of thioether (sulfide) groups is 2. The minimum absolute atomic E-state index is 0.0725. The maximum absolute atomic E-state index is 13.6. The third kappa shape index (κ3) is 4.46. The number of carbonyl (C=O) groups excluding carboxylic acids is 1. The Balaban J connectivity index is 1.63. The number of anilines is 1. The number of allylic oxidation sites excluding steroid dienone is 2. The van der Waals surface area contributed by atoms with Gasteiger partial charge in [0.05, 0.1) is 22.7 Å². The summed E-state index contributed by atoms with van der Waals surface area (Å²) in [7, 11) is 1.67. The number of hydrogen-bond acceptors (Lipinski definition) is 8. The quantitative estimate of drug-likeness (QED) is 0.457. The van der Waals surface area contributed by atoms with Crippen molar-refractivity contribution in [3.63, 3.8) is 0 Å². The zero-order valence-electron chi connectivity index (χ0n) is 19.6. The Bertz CT molecular complexity index is 1340. The van der Waals surface area contributed by atoms with Crippen LogP contribution in [0.5, 0.6) is 5.75 Å². The van der Waals surface area contributed by atoms with Gasteiger partial charge in [0.2, 0.25) is 5.95 Å². The zero-order valence-corrected chi connectivity index (χ0v) is 21.2. The average molecular weight is 505 g/mol. The lowest BCUT2D eigenvalue weighted by Crippen LogP contribution is -2.28. The van der Waals surface area contributed by atoms with Crippen molar-refractivity contribution in [3.05, 3.63) is 76.4 Å². The molecule has 0 atom stereocenters. The number of likely N-dealkylation sites (N-methyl/N-ethyl adjacent to an activating group) is 1. The first kappa shape index (κ1) is 23.3. The molecule has 2 aliphatic heterocycles. The van der Waals surface area contributed by atoms with Crippen LogP contribution < -0.4 is 9.64 Å². The normalized spacial score (nSPS) is 19.1. The SMILES string of the molecule is CCN1C(=O)C(=C(C=C2Sc3cc(OC)ccc3N2CC)c2ccccc2)SC1=Nc1ncn[nH]1. The van der Waals surface area contributed by atoms with E-state index in [0.717, 1.165) is 39.0 Å². The maximum atomic E-state index is 13.6. The van der Waals surface area contributed by atoms with Crippen molar-refractivity contribution in [1.82, 2.24) is 20.1 Å². The van der Waals surface area contributed by atoms with E-state index in [1.807, 2.05) is 43.3 Å². The number of amides is 1. The highest BCUT2D eigenvalue weighted by Gasteiger charge is 2.35. The van der Waals surface area contributed by atoms with E-state index >= 15 is 0 Å². The van der Waals surface area contributed by atoms with Crippen LogP contribution in [0.4, 0.5) is 11.6 Å². The fourth-order valence-corrected chi connectivity index (χ4v) is 6.26. The fourth-order valence-electron chi connectivity index (χ4n) is 3.94. The molecule has 178 valence electrons. The summed E-state index contributed by atoms with van der Waals surface area (Å²) in [6, 6.07) is 16.1. The summed E-state index contributed by atoms with van der Waals surface area (Å²) in [6.07, 6.45) is 3.51. The number of H-pyrrole nitrogens is 1. The minimum atomic E-state index is -0.0725. The molecule has 5 rings (SSSR count). The van der Waals surface area contributed by atoms with E-state index in [9.17, 15) is 4.79 Å². The predicted molar refractivity (Wildman–Crippen MR) is 142 cm³/mol. The summed E-state index contributed by atoms with van der Waals surface area (Å²) in [5.41, 5.74) is 2.97. The molecule has 3 aromatic rings. The lowest BCUT2D eigenvalue weighted by molar-refractivity contribution is -0.122. The molecule has 0 unspecified atom stereocenters. The molecule has 3 heterocycles. The third-order valence-electron chi connectivity index (χ3n) is 5.64. The highest BCUT2D eigenvalue weighted by atomic mass is 32.2. The lowest BCUT2D eigenvalue weighted by atomic mass is 10.0. The van der Waals surface area contributed by atoms with E-state index in [0.29, 0.717) is 22.6 Å². The van der Waals surface area contributed by atoms with Gasteiger partial charge >= 0.3 is 0 Å². The lowest BCUT2D eigenvalue weighted by Gasteiger charge is -2.19. The van der Waals surface area contributed by atoms with E-state index in [2.05, 4.69) is 50.2 Å². The Kier molecular flexibility index (Phi) is 6.65. The molecule has 1 aromatic heterocycles. The first-order valence-corrected chi connectivity index (χ1v) is 12.8. The summed E-state index contributed by atoms with van der Waals surface area (Å²) in [6.45, 7) is 5.37. The van der Waals surface area contributed by atoms with E-state index in [1.54, 1.807) is 23.8 Å². The second kappa shape index (κ2) is 10.0. The molecule has 0 aliphatic carbocycles. The van der Waals surface area contributed by atoms with Crippen molar-refractivity contribution in [2.75, 3.05) is 25.1 Å². The van der Waals surface area contributed by atoms with Gasteiger partial charge in [0.15, 0.2) is 5.17 Å². The second-order valence-electron chi connectivity index (χ2n) is 7.63. The Hall–Kier alpha value is -3.50. The van der Waals surface area contributed by atoms with Gasteiger partial charge in [-0.3, -0.25) is 9.69 Å². The van der Waals surface area contributed by atoms with Gasteiger partial charge in [-0.1, -0.05) is 42.1 Å². The molecule has 10 heteroatoms. The Morgan fingerprint density at radius 3 is 2.60 bits per heavy atom. The number of aromatic nitrogens is 3. The third-order valence-corrected chi connectivity index (χ3v) is 7.82. The van der Waals surface area contributed by atoms with Crippen LogP contribution in [0, 0.1) is 0 Å². The van der Waals surface area contributed by atoms with Crippen LogP contribution in [0.25, 0.3) is 5.57 Å². The van der Waals surface area contributed by atoms with E-state index < -0.39 is 0 Å². The first-order valence-electron chi connectivity index (χ1n) is 11.2. The van der Waals surface area contributed by atoms with Crippen LogP contribution in [0.15, 0.2) is 80.8 Å². The highest BCUT2D eigenvalue weighted by molar-refractivity contribution is 8.18. The van der Waals surface area contributed by atoms with Crippen LogP contribution in [-0.2, 0) is 4.79 Å². The average Bonchev–Trinajstić information content (AvgIpc) is 3.60. The summed E-state index contributed by atoms with van der Waals surface area (Å²) in [4.78, 5) is 27.9. The highest BCUT2D eigenvalue weighted by Crippen LogP contribution is 2.49. The van der Waals surface area contributed by atoms with Crippen LogP contribution in [-0.4, -0.2) is 51.4 Å². The number of methoxy groups -OCH3 is 1. The predicted octanol–water partition coefficient (Wildman–Crippen LogP) is 5.28. The topological polar surface area (TPSA) is 86.7 Å². The summed E-state index contributed by atoms with van der Waals surface area (Å²) in [5, 5.41) is 8.24. The van der Waals surface area contributed by atoms with E-state index in [4.69, 9.17) is 4.74 Å². The van der Waals surface area contributed by atoms with E-state index in [1.165, 1.54) is 18.1 Å². The van der Waals surface area contributed by atoms with Crippen LogP contribution in [0.3, 0.4) is 0 Å². The number of aliphatic imine (C=N–C) groups is 1.